The summed E-state index contributed by atoms with van der Waals surface area (Å²) in [6, 6.07) is 0. The van der Waals surface area contributed by atoms with Gasteiger partial charge in [0.25, 0.3) is 0 Å². The van der Waals surface area contributed by atoms with Gasteiger partial charge >= 0.3 is 5.97 Å². The van der Waals surface area contributed by atoms with Gasteiger partial charge < -0.3 is 5.11 Å². The van der Waals surface area contributed by atoms with Crippen molar-refractivity contribution in [3.8, 4) is 0 Å². The number of carboxylic acid groups (broad SMARTS) is 1. The van der Waals surface area contributed by atoms with Crippen molar-refractivity contribution in [1.82, 2.24) is 4.35 Å². The van der Waals surface area contributed by atoms with E-state index in [1.165, 1.54) is 0 Å². The van der Waals surface area contributed by atoms with E-state index in [9.17, 15) is 4.79 Å². The van der Waals surface area contributed by atoms with Crippen LogP contribution in [0.1, 0.15) is 13.8 Å². The molecule has 0 aliphatic carbocycles. The first kappa shape index (κ1) is 11.8. The van der Waals surface area contributed by atoms with Crippen LogP contribution in [0.2, 0.25) is 0 Å². The van der Waals surface area contributed by atoms with Gasteiger partial charge in [-0.2, -0.15) is 0 Å². The number of nitrogens with one attached hydrogen (secondary N) is 1. The zero-order valence-corrected chi connectivity index (χ0v) is 6.70. The molecular formula is C4H9Cl2NO2. The van der Waals surface area contributed by atoms with Gasteiger partial charge in [-0.1, -0.05) is 13.8 Å². The molecule has 0 radical (unpaired) electrons. The Bertz CT molecular complexity index is 77.0. The number of halogens is 2. The molecule has 0 spiro atoms. The minimum atomic E-state index is -0.741. The Morgan fingerprint density at radius 1 is 1.56 bits per heavy atom. The summed E-state index contributed by atoms with van der Waals surface area (Å²) in [5.74, 6) is -0.972. The molecular weight excluding hydrogens is 165 g/mol. The highest BCUT2D eigenvalue weighted by atomic mass is 35.5. The molecule has 0 fully saturated rings. The second-order valence-electron chi connectivity index (χ2n) is 1.56. The largest absolute Gasteiger partial charge is 0.481 e. The van der Waals surface area contributed by atoms with E-state index in [1.807, 2.05) is 0 Å². The third kappa shape index (κ3) is 18.0. The molecule has 0 aromatic rings. The maximum absolute atomic E-state index is 9.70. The Hall–Kier alpha value is 0.01000. The second kappa shape index (κ2) is 8.01. The molecule has 0 bridgehead atoms. The average Bonchev–Trinajstić information content (AvgIpc) is 1.68. The standard InChI is InChI=1S/C4H8O2.Cl2HN/c1-3(2)4(5)6;1-3-2/h3H,1-2H3,(H,5,6);3H. The summed E-state index contributed by atoms with van der Waals surface area (Å²) in [5.41, 5.74) is 0. The van der Waals surface area contributed by atoms with Crippen LogP contribution in [0.5, 0.6) is 0 Å². The molecule has 2 N–H and O–H groups in total. The van der Waals surface area contributed by atoms with Crippen LogP contribution in [0, 0.1) is 5.92 Å². The molecule has 0 unspecified atom stereocenters. The highest BCUT2D eigenvalue weighted by Crippen LogP contribution is 1.87. The zero-order chi connectivity index (χ0) is 7.86. The summed E-state index contributed by atoms with van der Waals surface area (Å²) in [6.45, 7) is 3.28. The Labute approximate surface area is 64.2 Å². The molecule has 9 heavy (non-hydrogen) atoms. The first-order valence-electron chi connectivity index (χ1n) is 2.25. The fourth-order valence-electron chi connectivity index (χ4n) is 0. The minimum absolute atomic E-state index is 0.231. The molecule has 0 amide bonds. The normalized spacial score (nSPS) is 8.11. The number of aliphatic carboxylic acids is 1. The summed E-state index contributed by atoms with van der Waals surface area (Å²) in [7, 11) is 0. The van der Waals surface area contributed by atoms with E-state index in [0.717, 1.165) is 0 Å². The topological polar surface area (TPSA) is 49.3 Å². The van der Waals surface area contributed by atoms with Gasteiger partial charge in [-0.25, -0.2) is 0 Å². The van der Waals surface area contributed by atoms with Crippen molar-refractivity contribution >= 4 is 29.5 Å². The Balaban J connectivity index is 0. The van der Waals surface area contributed by atoms with Crippen LogP contribution >= 0.6 is 23.6 Å². The van der Waals surface area contributed by atoms with Gasteiger partial charge in [0.15, 0.2) is 0 Å². The molecule has 5 heteroatoms. The predicted molar refractivity (Wildman–Crippen MR) is 37.3 cm³/mol. The lowest BCUT2D eigenvalue weighted by Crippen LogP contribution is -2.03. The summed E-state index contributed by atoms with van der Waals surface area (Å²) in [6.07, 6.45) is 0. The predicted octanol–water partition coefficient (Wildman–Crippen LogP) is 1.61. The van der Waals surface area contributed by atoms with E-state index in [0.29, 0.717) is 0 Å². The van der Waals surface area contributed by atoms with Crippen LogP contribution in [-0.2, 0) is 4.79 Å². The molecule has 0 aromatic carbocycles. The van der Waals surface area contributed by atoms with E-state index >= 15 is 0 Å². The molecule has 0 aliphatic heterocycles. The maximum Gasteiger partial charge on any atom is 0.305 e. The highest BCUT2D eigenvalue weighted by Gasteiger charge is 1.99. The van der Waals surface area contributed by atoms with Crippen LogP contribution in [0.3, 0.4) is 0 Å². The van der Waals surface area contributed by atoms with E-state index < -0.39 is 5.97 Å². The van der Waals surface area contributed by atoms with Crippen molar-refractivity contribution in [2.75, 3.05) is 0 Å². The van der Waals surface area contributed by atoms with Gasteiger partial charge in [0.1, 0.15) is 0 Å². The molecule has 56 valence electrons. The van der Waals surface area contributed by atoms with Gasteiger partial charge in [-0.05, 0) is 23.6 Å². The third-order valence-electron chi connectivity index (χ3n) is 0.494. The monoisotopic (exact) mass is 173 g/mol. The number of carboxylic acids is 1. The first-order valence-corrected chi connectivity index (χ1v) is 3.01. The average molecular weight is 174 g/mol. The van der Waals surface area contributed by atoms with Crippen molar-refractivity contribution in [3.05, 3.63) is 0 Å². The lowest BCUT2D eigenvalue weighted by molar-refractivity contribution is -0.140. The van der Waals surface area contributed by atoms with Crippen LogP contribution < -0.4 is 4.35 Å². The summed E-state index contributed by atoms with van der Waals surface area (Å²) >= 11 is 9.03. The van der Waals surface area contributed by atoms with Crippen LogP contribution in [0.15, 0.2) is 0 Å². The first-order chi connectivity index (χ1) is 4.06. The number of hydrogen-bond donors (Lipinski definition) is 2. The zero-order valence-electron chi connectivity index (χ0n) is 5.19. The fraction of sp³-hybridized carbons (Fsp3) is 0.750. The molecule has 3 nitrogen and oxygen atoms in total. The van der Waals surface area contributed by atoms with Crippen molar-refractivity contribution < 1.29 is 9.90 Å². The lowest BCUT2D eigenvalue weighted by Gasteiger charge is -1.89. The molecule has 0 saturated carbocycles. The summed E-state index contributed by atoms with van der Waals surface area (Å²) < 4.78 is 1.69. The lowest BCUT2D eigenvalue weighted by atomic mass is 10.2. The van der Waals surface area contributed by atoms with Crippen LogP contribution in [0.25, 0.3) is 0 Å². The highest BCUT2D eigenvalue weighted by molar-refractivity contribution is 6.33. The number of carbonyl (C=O) groups is 1. The fourth-order valence-corrected chi connectivity index (χ4v) is 0. The van der Waals surface area contributed by atoms with Crippen molar-refractivity contribution in [2.45, 2.75) is 13.8 Å². The molecule has 0 saturated heterocycles. The van der Waals surface area contributed by atoms with Crippen molar-refractivity contribution in [3.63, 3.8) is 0 Å². The maximum atomic E-state index is 9.70. The smallest absolute Gasteiger partial charge is 0.305 e. The SMILES string of the molecule is CC(C)C(=O)O.ClNCl. The summed E-state index contributed by atoms with van der Waals surface area (Å²) in [4.78, 5) is 9.70. The van der Waals surface area contributed by atoms with Gasteiger partial charge in [-0.15, -0.1) is 4.35 Å². The Morgan fingerprint density at radius 2 is 1.67 bits per heavy atom. The second-order valence-corrected chi connectivity index (χ2v) is 2.14. The third-order valence-corrected chi connectivity index (χ3v) is 0.494. The van der Waals surface area contributed by atoms with Crippen LogP contribution in [0.4, 0.5) is 0 Å². The van der Waals surface area contributed by atoms with Crippen molar-refractivity contribution in [1.29, 1.82) is 0 Å². The van der Waals surface area contributed by atoms with E-state index in [2.05, 4.69) is 23.6 Å². The molecule has 0 aromatic heterocycles. The summed E-state index contributed by atoms with van der Waals surface area (Å²) in [5, 5.41) is 7.99. The van der Waals surface area contributed by atoms with Crippen LogP contribution in [-0.4, -0.2) is 11.1 Å². The van der Waals surface area contributed by atoms with E-state index in [-0.39, 0.29) is 5.92 Å². The van der Waals surface area contributed by atoms with Gasteiger partial charge in [-0.3, -0.25) is 4.79 Å². The Kier molecular flexibility index (Phi) is 10.5. The molecule has 0 atom stereocenters. The van der Waals surface area contributed by atoms with E-state index in [4.69, 9.17) is 5.11 Å². The van der Waals surface area contributed by atoms with Crippen molar-refractivity contribution in [2.24, 2.45) is 5.92 Å². The minimum Gasteiger partial charge on any atom is -0.481 e. The Morgan fingerprint density at radius 3 is 1.67 bits per heavy atom. The van der Waals surface area contributed by atoms with Gasteiger partial charge in [0, 0.05) is 0 Å². The molecule has 0 rings (SSSR count). The van der Waals surface area contributed by atoms with Gasteiger partial charge in [0.05, 0.1) is 5.92 Å². The number of hydrogen-bond acceptors (Lipinski definition) is 2. The molecule has 0 heterocycles. The quantitative estimate of drug-likeness (QED) is 0.593. The van der Waals surface area contributed by atoms with E-state index in [1.54, 1.807) is 18.2 Å². The van der Waals surface area contributed by atoms with Gasteiger partial charge in [0.2, 0.25) is 0 Å². The molecule has 0 aliphatic rings. The number of rotatable bonds is 1.